The molecular formula is C113H201N33. The van der Waals surface area contributed by atoms with Crippen molar-refractivity contribution in [1.29, 1.82) is 0 Å². The van der Waals surface area contributed by atoms with E-state index in [1.54, 1.807) is 38.0 Å². The fourth-order valence-electron chi connectivity index (χ4n) is 26.5. The number of hydrogen-bond donors (Lipinski definition) is 0. The van der Waals surface area contributed by atoms with Gasteiger partial charge in [-0.15, -0.1) is 0 Å². The Hall–Kier alpha value is -7.98. The second-order valence-corrected chi connectivity index (χ2v) is 52.3. The standard InChI is InChI=1S/C113H201N33/c1-38-45-53-56-113(145(97-122-79-116-91(128-97)140(60-48-41-4)85-69-105(16,17)134(34)106(18,19)70-85)98-123-80-117-92(129-98)141(61-49-42-5)86-71-107(20,21)135(35)108(22,23)72-86,146(99-124-81-118-93(130-99)142(62-50-43-6)87-73-109(24,25)136(36)110(26,27)74-87)100-125-82-119-94(131-100)143(63-51-44-7)88-75-111(28,29)137(37)112(30,31)76-88)57-54-52-55-64-144(95-120-77-114-89(126-95)138(58-46-39-2)83-65-101(8,9)132(32)102(10,11)66-83)96-121-78-115-90(127-96)139(59-47-40-3)84-67-103(12,13)133(33)104(14,15)68-84/h77-88H,38-76H2,1-37H3. The molecule has 0 bridgehead atoms. The van der Waals surface area contributed by atoms with Gasteiger partial charge in [0, 0.05) is 149 Å². The average Bonchev–Trinajstić information content (AvgIpc) is 0.725. The van der Waals surface area contributed by atoms with Crippen LogP contribution in [0.5, 0.6) is 0 Å². The fourth-order valence-corrected chi connectivity index (χ4v) is 26.5. The fraction of sp³-hybridized carbons (Fsp3) is 0.841. The summed E-state index contributed by atoms with van der Waals surface area (Å²) in [4.78, 5) is 139. The first-order valence-corrected chi connectivity index (χ1v) is 57.0. The van der Waals surface area contributed by atoms with Crippen molar-refractivity contribution in [1.82, 2.24) is 119 Å². The zero-order valence-electron chi connectivity index (χ0n) is 98.8. The number of aromatic nitrogens is 18. The lowest BCUT2D eigenvalue weighted by Gasteiger charge is -2.55. The minimum Gasteiger partial charge on any atom is -0.338 e. The summed E-state index contributed by atoms with van der Waals surface area (Å²) in [7, 11) is 13.8. The second-order valence-electron chi connectivity index (χ2n) is 52.3. The number of piperidine rings is 6. The molecule has 0 radical (unpaired) electrons. The van der Waals surface area contributed by atoms with E-state index >= 15 is 0 Å². The van der Waals surface area contributed by atoms with Gasteiger partial charge in [-0.25, -0.2) is 59.8 Å². The largest absolute Gasteiger partial charge is 0.338 e. The molecule has 6 aliphatic rings. The van der Waals surface area contributed by atoms with Crippen LogP contribution >= 0.6 is 0 Å². The summed E-state index contributed by atoms with van der Waals surface area (Å²) < 4.78 is 0. The topological polar surface area (TPSA) is 281 Å². The minimum atomic E-state index is -1.44. The highest BCUT2D eigenvalue weighted by Crippen LogP contribution is 2.51. The maximum absolute atomic E-state index is 6.15. The molecule has 6 aromatic rings. The average molecular weight is 2020 g/mol. The molecule has 0 N–H and O–H groups in total. The monoisotopic (exact) mass is 2020 g/mol. The molecule has 0 aliphatic carbocycles. The van der Waals surface area contributed by atoms with Gasteiger partial charge in [-0.3, -0.25) is 44.1 Å². The zero-order chi connectivity index (χ0) is 107. The molecule has 146 heavy (non-hydrogen) atoms. The molecular weight excluding hydrogens is 1820 g/mol. The highest BCUT2D eigenvalue weighted by molar-refractivity contribution is 5.65. The predicted octanol–water partition coefficient (Wildman–Crippen LogP) is 22.0. The molecule has 6 saturated heterocycles. The van der Waals surface area contributed by atoms with Crippen LogP contribution in [0.4, 0.5) is 71.4 Å². The first kappa shape index (κ1) is 117. The quantitative estimate of drug-likeness (QED) is 0.0253. The van der Waals surface area contributed by atoms with Crippen molar-refractivity contribution in [2.45, 2.75) is 528 Å². The van der Waals surface area contributed by atoms with Crippen molar-refractivity contribution in [2.24, 2.45) is 0 Å². The van der Waals surface area contributed by atoms with Crippen LogP contribution in [0.15, 0.2) is 38.0 Å². The van der Waals surface area contributed by atoms with Gasteiger partial charge in [-0.2, -0.15) is 29.9 Å². The molecule has 33 nitrogen and oxygen atoms in total. The van der Waals surface area contributed by atoms with E-state index in [1.807, 2.05) is 0 Å². The summed E-state index contributed by atoms with van der Waals surface area (Å²) >= 11 is 0. The van der Waals surface area contributed by atoms with Crippen molar-refractivity contribution in [3.05, 3.63) is 38.0 Å². The number of anilines is 12. The Balaban J connectivity index is 1.16. The summed E-state index contributed by atoms with van der Waals surface area (Å²) in [5, 5.41) is 0. The normalized spacial score (nSPS) is 21.5. The first-order chi connectivity index (χ1) is 68.5. The van der Waals surface area contributed by atoms with E-state index in [4.69, 9.17) is 89.7 Å². The van der Waals surface area contributed by atoms with Crippen molar-refractivity contribution >= 4 is 71.4 Å². The highest BCUT2D eigenvalue weighted by Gasteiger charge is 2.56. The molecule has 6 aliphatic heterocycles. The van der Waals surface area contributed by atoms with Crippen molar-refractivity contribution in [3.63, 3.8) is 0 Å². The van der Waals surface area contributed by atoms with Crippen molar-refractivity contribution in [3.8, 4) is 0 Å². The second kappa shape index (κ2) is 47.1. The van der Waals surface area contributed by atoms with Gasteiger partial charge < -0.3 is 29.4 Å². The van der Waals surface area contributed by atoms with E-state index in [9.17, 15) is 0 Å². The Labute approximate surface area is 884 Å². The molecule has 12 rings (SSSR count). The van der Waals surface area contributed by atoms with Gasteiger partial charge in [0.15, 0.2) is 0 Å². The van der Waals surface area contributed by atoms with Gasteiger partial charge in [0.25, 0.3) is 0 Å². The maximum Gasteiger partial charge on any atom is 0.239 e. The van der Waals surface area contributed by atoms with Crippen molar-refractivity contribution < 1.29 is 0 Å². The van der Waals surface area contributed by atoms with Crippen LogP contribution < -0.4 is 44.1 Å². The summed E-state index contributed by atoms with van der Waals surface area (Å²) in [6.07, 6.45) is 38.2. The Morgan fingerprint density at radius 2 is 0.363 bits per heavy atom. The maximum atomic E-state index is 6.15. The van der Waals surface area contributed by atoms with Gasteiger partial charge in [-0.1, -0.05) is 106 Å². The first-order valence-electron chi connectivity index (χ1n) is 57.0. The van der Waals surface area contributed by atoms with Crippen LogP contribution in [0.1, 0.15) is 420 Å². The third-order valence-corrected chi connectivity index (χ3v) is 36.5. The highest BCUT2D eigenvalue weighted by atomic mass is 15.6. The van der Waals surface area contributed by atoms with Crippen LogP contribution in [-0.4, -0.2) is 316 Å². The lowest BCUT2D eigenvalue weighted by atomic mass is 9.77. The Kier molecular flexibility index (Phi) is 37.6. The summed E-state index contributed by atoms with van der Waals surface area (Å²) in [6, 6.07) is 0.535. The molecule has 0 atom stereocenters. The smallest absolute Gasteiger partial charge is 0.239 e. The van der Waals surface area contributed by atoms with Crippen LogP contribution in [0.3, 0.4) is 0 Å². The van der Waals surface area contributed by atoms with Crippen LogP contribution in [-0.2, 0) is 0 Å². The molecule has 33 heteroatoms. The number of unbranched alkanes of at least 4 members (excludes halogenated alkanes) is 10. The van der Waals surface area contributed by atoms with Crippen LogP contribution in [0.2, 0.25) is 0 Å². The van der Waals surface area contributed by atoms with E-state index < -0.39 is 5.66 Å². The van der Waals surface area contributed by atoms with Crippen LogP contribution in [0, 0.1) is 0 Å². The van der Waals surface area contributed by atoms with E-state index in [1.165, 1.54) is 0 Å². The summed E-state index contributed by atoms with van der Waals surface area (Å²) in [5.41, 5.74) is -3.22. The van der Waals surface area contributed by atoms with Gasteiger partial charge in [0.1, 0.15) is 43.6 Å². The number of rotatable bonds is 48. The predicted molar refractivity (Wildman–Crippen MR) is 603 cm³/mol. The van der Waals surface area contributed by atoms with Gasteiger partial charge in [-0.05, 0) is 356 Å². The molecule has 6 fully saturated rings. The molecule has 818 valence electrons. The summed E-state index contributed by atoms with van der Waals surface area (Å²) in [6.45, 7) is 78.4. The minimum absolute atomic E-state index is 0.0574. The number of nitrogens with zero attached hydrogens (tertiary/aromatic N) is 33. The molecule has 0 unspecified atom stereocenters. The van der Waals surface area contributed by atoms with Crippen molar-refractivity contribution in [2.75, 3.05) is 132 Å². The Morgan fingerprint density at radius 1 is 0.205 bits per heavy atom. The van der Waals surface area contributed by atoms with E-state index in [0.29, 0.717) is 116 Å². The molecule has 0 amide bonds. The van der Waals surface area contributed by atoms with E-state index in [2.05, 4.69) is 330 Å². The molecule has 0 saturated carbocycles. The van der Waals surface area contributed by atoms with E-state index in [0.717, 1.165) is 206 Å². The number of likely N-dealkylation sites (tertiary alicyclic amines) is 6. The SMILES string of the molecule is CCCCCC(CCCCCN(c1ncnc(N(CCCC)C2CC(C)(C)N(C)C(C)(C)C2)n1)c1ncnc(N(CCCC)C2CC(C)(C)N(C)C(C)(C)C2)n1)(N(c1ncnc(N(CCCC)C2CC(C)(C)N(C)C(C)(C)C2)n1)c1ncnc(N(CCCC)C2CC(C)(C)N(C)C(C)(C)C2)n1)N(c1ncnc(N(CCCC)C2CC(C)(C)N(C)C(C)(C)C2)n1)c1ncnc(N(CCCC)C2CC(C)(C)N(C)C(C)(C)C2)n1. The molecule has 0 aromatic carbocycles. The summed E-state index contributed by atoms with van der Waals surface area (Å²) in [5.74, 6) is 6.16. The Morgan fingerprint density at radius 3 is 0.541 bits per heavy atom. The molecule has 0 spiro atoms. The van der Waals surface area contributed by atoms with E-state index in [-0.39, 0.29) is 103 Å². The number of hydrogen-bond acceptors (Lipinski definition) is 33. The van der Waals surface area contributed by atoms with Crippen LogP contribution in [0.25, 0.3) is 0 Å². The third-order valence-electron chi connectivity index (χ3n) is 36.5. The van der Waals surface area contributed by atoms with Gasteiger partial charge in [0.2, 0.25) is 71.4 Å². The lowest BCUT2D eigenvalue weighted by Crippen LogP contribution is -2.63. The zero-order valence-corrected chi connectivity index (χ0v) is 98.8. The van der Waals surface area contributed by atoms with Gasteiger partial charge >= 0.3 is 0 Å². The lowest BCUT2D eigenvalue weighted by molar-refractivity contribution is -0.0132. The molecule has 6 aromatic heterocycles. The third kappa shape index (κ3) is 26.3. The molecule has 12 heterocycles. The Bertz CT molecular complexity index is 4510. The van der Waals surface area contributed by atoms with Gasteiger partial charge in [0.05, 0.1) is 0 Å².